The van der Waals surface area contributed by atoms with Gasteiger partial charge in [0.2, 0.25) is 11.3 Å². The van der Waals surface area contributed by atoms with Crippen LogP contribution in [0, 0.1) is 0 Å². The second-order valence-electron chi connectivity index (χ2n) is 1.75. The molecule has 0 aliphatic heterocycles. The maximum Gasteiger partial charge on any atom is 0.275 e. The molecule has 0 fully saturated rings. The van der Waals surface area contributed by atoms with Crippen LogP contribution in [0.1, 0.15) is 6.92 Å². The van der Waals surface area contributed by atoms with Gasteiger partial charge < -0.3 is 0 Å². The van der Waals surface area contributed by atoms with Crippen molar-refractivity contribution in [3.05, 3.63) is 0 Å². The molecule has 0 bridgehead atoms. The molecule has 9 heavy (non-hydrogen) atoms. The summed E-state index contributed by atoms with van der Waals surface area (Å²) >= 11 is 4.44. The van der Waals surface area contributed by atoms with E-state index in [9.17, 15) is 17.6 Å². The molecule has 0 aromatic heterocycles. The number of alkyl halides is 5. The Morgan fingerprint density at radius 3 is 1.67 bits per heavy atom. The Labute approximate surface area is 54.8 Å². The average Bonchev–Trinajstić information content (AvgIpc) is 1.65. The van der Waals surface area contributed by atoms with Crippen LogP contribution >= 0.6 is 11.6 Å². The van der Waals surface area contributed by atoms with Gasteiger partial charge in [-0.25, -0.2) is 17.6 Å². The summed E-state index contributed by atoms with van der Waals surface area (Å²) in [5, 5.41) is 0. The monoisotopic (exact) mass is 164 g/mol. The third-order valence-electron chi connectivity index (χ3n) is 0.853. The van der Waals surface area contributed by atoms with Gasteiger partial charge in [0.25, 0.3) is 6.43 Å². The van der Waals surface area contributed by atoms with Crippen molar-refractivity contribution in [2.75, 3.05) is 0 Å². The van der Waals surface area contributed by atoms with E-state index in [1.165, 1.54) is 0 Å². The van der Waals surface area contributed by atoms with Crippen LogP contribution in [-0.4, -0.2) is 17.7 Å². The summed E-state index contributed by atoms with van der Waals surface area (Å²) in [7, 11) is 0. The van der Waals surface area contributed by atoms with Gasteiger partial charge in [-0.2, -0.15) is 0 Å². The minimum absolute atomic E-state index is 0.412. The maximum absolute atomic E-state index is 12.1. The first kappa shape index (κ1) is 9.01. The number of halogens is 5. The second kappa shape index (κ2) is 2.73. The first-order chi connectivity index (χ1) is 3.89. The summed E-state index contributed by atoms with van der Waals surface area (Å²) in [6.45, 7) is 0.412. The molecule has 0 heterocycles. The molecule has 0 spiro atoms. The molecule has 0 amide bonds. The normalized spacial score (nSPS) is 21.7. The molecule has 0 aromatic rings. The van der Waals surface area contributed by atoms with E-state index in [1.807, 2.05) is 0 Å². The molecule has 0 rings (SSSR count). The van der Waals surface area contributed by atoms with Crippen LogP contribution in [0.5, 0.6) is 0 Å². The Morgan fingerprint density at radius 2 is 1.67 bits per heavy atom. The lowest BCUT2D eigenvalue weighted by atomic mass is 10.2. The molecule has 0 N–H and O–H groups in total. The van der Waals surface area contributed by atoms with Gasteiger partial charge in [-0.05, 0) is 6.92 Å². The summed E-state index contributed by atoms with van der Waals surface area (Å²) in [5.74, 6) is 0. The van der Waals surface area contributed by atoms with E-state index in [2.05, 4.69) is 11.6 Å². The van der Waals surface area contributed by atoms with Crippen LogP contribution in [-0.2, 0) is 0 Å². The highest BCUT2D eigenvalue weighted by Crippen LogP contribution is 2.28. The molecule has 0 aromatic carbocycles. The fraction of sp³-hybridized carbons (Fsp3) is 1.00. The zero-order chi connectivity index (χ0) is 7.65. The fourth-order valence-corrected chi connectivity index (χ4v) is 0.190. The average molecular weight is 165 g/mol. The highest BCUT2D eigenvalue weighted by atomic mass is 35.5. The van der Waals surface area contributed by atoms with Gasteiger partial charge in [0, 0.05) is 0 Å². The third-order valence-corrected chi connectivity index (χ3v) is 1.28. The predicted molar refractivity (Wildman–Crippen MR) is 26.3 cm³/mol. The van der Waals surface area contributed by atoms with E-state index in [0.717, 1.165) is 0 Å². The third kappa shape index (κ3) is 2.01. The predicted octanol–water partition coefficient (Wildman–Crippen LogP) is 2.51. The highest BCUT2D eigenvalue weighted by molar-refractivity contribution is 6.20. The Morgan fingerprint density at radius 1 is 1.33 bits per heavy atom. The van der Waals surface area contributed by atoms with Gasteiger partial charge >= 0.3 is 0 Å². The lowest BCUT2D eigenvalue weighted by Gasteiger charge is -2.18. The van der Waals surface area contributed by atoms with Gasteiger partial charge in [0.1, 0.15) is 0 Å². The molecule has 0 aliphatic rings. The fourth-order valence-electron chi connectivity index (χ4n) is 0.0952. The van der Waals surface area contributed by atoms with Gasteiger partial charge in [-0.1, -0.05) is 11.6 Å². The molecule has 0 saturated heterocycles. The zero-order valence-corrected chi connectivity index (χ0v) is 5.30. The van der Waals surface area contributed by atoms with E-state index < -0.39 is 17.7 Å². The van der Waals surface area contributed by atoms with Crippen LogP contribution in [0.2, 0.25) is 0 Å². The van der Waals surface area contributed by atoms with Crippen LogP contribution in [0.15, 0.2) is 0 Å². The Balaban J connectivity index is 4.01. The molecule has 2 atom stereocenters. The van der Waals surface area contributed by atoms with E-state index in [-0.39, 0.29) is 0 Å². The van der Waals surface area contributed by atoms with Gasteiger partial charge in [-0.15, -0.1) is 0 Å². The molecular weight excluding hydrogens is 159 g/mol. The van der Waals surface area contributed by atoms with Crippen molar-refractivity contribution in [1.82, 2.24) is 0 Å². The largest absolute Gasteiger partial charge is 0.275 e. The molecule has 0 aliphatic carbocycles. The van der Waals surface area contributed by atoms with E-state index >= 15 is 0 Å². The van der Waals surface area contributed by atoms with Gasteiger partial charge in [0.05, 0.1) is 0 Å². The summed E-state index contributed by atoms with van der Waals surface area (Å²) in [6.07, 6.45) is -3.38. The van der Waals surface area contributed by atoms with Crippen LogP contribution < -0.4 is 0 Å². The van der Waals surface area contributed by atoms with Gasteiger partial charge in [-0.3, -0.25) is 0 Å². The highest BCUT2D eigenvalue weighted by Gasteiger charge is 2.42. The number of hydrogen-bond donors (Lipinski definition) is 0. The van der Waals surface area contributed by atoms with Crippen molar-refractivity contribution >= 4 is 11.6 Å². The lowest BCUT2D eigenvalue weighted by molar-refractivity contribution is -0.0480. The van der Waals surface area contributed by atoms with E-state index in [0.29, 0.717) is 6.92 Å². The Kier molecular flexibility index (Phi) is 2.73. The van der Waals surface area contributed by atoms with Crippen LogP contribution in [0.4, 0.5) is 17.6 Å². The minimum atomic E-state index is -3.38. The number of rotatable bonds is 2. The van der Waals surface area contributed by atoms with Crippen molar-refractivity contribution < 1.29 is 17.6 Å². The molecule has 0 radical (unpaired) electrons. The Hall–Kier alpha value is 0.01000. The molecule has 5 heteroatoms. The van der Waals surface area contributed by atoms with Crippen LogP contribution in [0.25, 0.3) is 0 Å². The first-order valence-corrected chi connectivity index (χ1v) is 2.58. The first-order valence-electron chi connectivity index (χ1n) is 2.14. The number of hydrogen-bond acceptors (Lipinski definition) is 0. The minimum Gasteiger partial charge on any atom is -0.233 e. The summed E-state index contributed by atoms with van der Waals surface area (Å²) in [5.41, 5.74) is -5.89. The lowest BCUT2D eigenvalue weighted by Crippen LogP contribution is -2.35. The molecule has 2 unspecified atom stereocenters. The van der Waals surface area contributed by atoms with Crippen molar-refractivity contribution in [3.8, 4) is 0 Å². The standard InChI is InChI=1S/C4H5ClF4/c1-4(9,2(5)6)3(7)8/h2-3H,1H3. The second-order valence-corrected chi connectivity index (χ2v) is 2.14. The van der Waals surface area contributed by atoms with E-state index in [4.69, 9.17) is 0 Å². The Bertz CT molecular complexity index is 80.6. The smallest absolute Gasteiger partial charge is 0.233 e. The maximum atomic E-state index is 12.1. The molecule has 56 valence electrons. The summed E-state index contributed by atoms with van der Waals surface area (Å²) in [6, 6.07) is 0. The van der Waals surface area contributed by atoms with Crippen molar-refractivity contribution in [2.45, 2.75) is 24.6 Å². The molecule has 0 saturated carbocycles. The van der Waals surface area contributed by atoms with Crippen molar-refractivity contribution in [1.29, 1.82) is 0 Å². The quantitative estimate of drug-likeness (QED) is 0.435. The molecule has 0 nitrogen and oxygen atoms in total. The van der Waals surface area contributed by atoms with Crippen LogP contribution in [0.3, 0.4) is 0 Å². The summed E-state index contributed by atoms with van der Waals surface area (Å²) in [4.78, 5) is 0. The van der Waals surface area contributed by atoms with Gasteiger partial charge in [0.15, 0.2) is 0 Å². The SMILES string of the molecule is CC(F)(C(F)F)C(F)Cl. The zero-order valence-electron chi connectivity index (χ0n) is 4.54. The topological polar surface area (TPSA) is 0 Å². The summed E-state index contributed by atoms with van der Waals surface area (Å²) < 4.78 is 46.4. The van der Waals surface area contributed by atoms with E-state index in [1.54, 1.807) is 0 Å². The molecular formula is C4H5ClF4. The van der Waals surface area contributed by atoms with Crippen molar-refractivity contribution in [3.63, 3.8) is 0 Å². The van der Waals surface area contributed by atoms with Crippen molar-refractivity contribution in [2.24, 2.45) is 0 Å².